The number of nitrogens with zero attached hydrogens (tertiary/aromatic N) is 4. The number of benzene rings is 3. The van der Waals surface area contributed by atoms with Crippen molar-refractivity contribution in [3.8, 4) is 5.69 Å². The van der Waals surface area contributed by atoms with Crippen LogP contribution in [0.15, 0.2) is 84.0 Å². The van der Waals surface area contributed by atoms with Crippen LogP contribution in [0.4, 0.5) is 5.69 Å². The van der Waals surface area contributed by atoms with E-state index in [1.54, 1.807) is 12.1 Å². The average Bonchev–Trinajstić information content (AvgIpc) is 3.21. The zero-order chi connectivity index (χ0) is 21.6. The van der Waals surface area contributed by atoms with Crippen LogP contribution in [-0.2, 0) is 18.6 Å². The highest BCUT2D eigenvalue weighted by Gasteiger charge is 2.16. The first-order valence-corrected chi connectivity index (χ1v) is 11.1. The predicted molar refractivity (Wildman–Crippen MR) is 123 cm³/mol. The molecule has 1 aromatic heterocycles. The Balaban J connectivity index is 1.65. The minimum Gasteiger partial charge on any atom is -0.274 e. The molecule has 0 radical (unpaired) electrons. The summed E-state index contributed by atoms with van der Waals surface area (Å²) in [5.41, 5.74) is 4.41. The van der Waals surface area contributed by atoms with Gasteiger partial charge < -0.3 is 0 Å². The minimum absolute atomic E-state index is 0.0967. The van der Waals surface area contributed by atoms with Gasteiger partial charge in [-0.15, -0.1) is 10.2 Å². The van der Waals surface area contributed by atoms with E-state index in [9.17, 15) is 10.1 Å². The number of aryl methyl sites for hydroxylation is 1. The molecule has 1 heterocycles. The Morgan fingerprint density at radius 3 is 2.35 bits per heavy atom. The highest BCUT2D eigenvalue weighted by Crippen LogP contribution is 2.27. The molecule has 0 fully saturated rings. The van der Waals surface area contributed by atoms with Crippen molar-refractivity contribution in [1.82, 2.24) is 14.8 Å². The van der Waals surface area contributed by atoms with E-state index in [2.05, 4.69) is 58.1 Å². The maximum atomic E-state index is 11.1. The summed E-state index contributed by atoms with van der Waals surface area (Å²) >= 11 is 1.52. The molecule has 4 rings (SSSR count). The summed E-state index contributed by atoms with van der Waals surface area (Å²) < 4.78 is 2.08. The first-order valence-electron chi connectivity index (χ1n) is 10.1. The number of hydrogen-bond donors (Lipinski definition) is 0. The second-order valence-corrected chi connectivity index (χ2v) is 8.07. The van der Waals surface area contributed by atoms with Gasteiger partial charge in [-0.1, -0.05) is 73.3 Å². The second kappa shape index (κ2) is 9.57. The van der Waals surface area contributed by atoms with E-state index in [1.165, 1.54) is 23.4 Å². The average molecular weight is 431 g/mol. The summed E-state index contributed by atoms with van der Waals surface area (Å²) in [5.74, 6) is 1.43. The van der Waals surface area contributed by atoms with Gasteiger partial charge in [-0.2, -0.15) is 0 Å². The topological polar surface area (TPSA) is 73.8 Å². The van der Waals surface area contributed by atoms with Gasteiger partial charge in [0.2, 0.25) is 0 Å². The normalized spacial score (nSPS) is 10.9. The van der Waals surface area contributed by atoms with Crippen LogP contribution in [-0.4, -0.2) is 19.7 Å². The SMILES string of the molecule is CCc1ccc(-n2c(Cc3ccccc3)nnc2SCc2cccc([N+](=O)[O-])c2)cc1. The number of hydrogen-bond acceptors (Lipinski definition) is 5. The molecule has 31 heavy (non-hydrogen) atoms. The van der Waals surface area contributed by atoms with Crippen molar-refractivity contribution in [3.63, 3.8) is 0 Å². The summed E-state index contributed by atoms with van der Waals surface area (Å²) in [7, 11) is 0. The Bertz CT molecular complexity index is 1170. The lowest BCUT2D eigenvalue weighted by atomic mass is 10.1. The fourth-order valence-electron chi connectivity index (χ4n) is 3.33. The number of nitro groups is 1. The second-order valence-electron chi connectivity index (χ2n) is 7.13. The van der Waals surface area contributed by atoms with Crippen molar-refractivity contribution in [1.29, 1.82) is 0 Å². The standard InChI is InChI=1S/C24H22N4O2S/c1-2-18-11-13-21(14-12-18)27-23(16-19-7-4-3-5-8-19)25-26-24(27)31-17-20-9-6-10-22(15-20)28(29)30/h3-15H,2,16-17H2,1H3. The summed E-state index contributed by atoms with van der Waals surface area (Å²) in [5, 5.41) is 20.8. The third-order valence-corrected chi connectivity index (χ3v) is 6.00. The van der Waals surface area contributed by atoms with Crippen LogP contribution in [0.25, 0.3) is 5.69 Å². The Kier molecular flexibility index (Phi) is 6.43. The van der Waals surface area contributed by atoms with Crippen molar-refractivity contribution in [2.45, 2.75) is 30.7 Å². The monoisotopic (exact) mass is 430 g/mol. The van der Waals surface area contributed by atoms with Gasteiger partial charge in [0, 0.05) is 30.0 Å². The molecule has 6 nitrogen and oxygen atoms in total. The van der Waals surface area contributed by atoms with Gasteiger partial charge in [0.25, 0.3) is 5.69 Å². The molecule has 7 heteroatoms. The van der Waals surface area contributed by atoms with E-state index < -0.39 is 0 Å². The predicted octanol–water partition coefficient (Wildman–Crippen LogP) is 5.62. The van der Waals surface area contributed by atoms with E-state index in [1.807, 2.05) is 24.3 Å². The van der Waals surface area contributed by atoms with Crippen molar-refractivity contribution >= 4 is 17.4 Å². The van der Waals surface area contributed by atoms with Crippen LogP contribution in [0.2, 0.25) is 0 Å². The smallest absolute Gasteiger partial charge is 0.269 e. The molecule has 0 aliphatic carbocycles. The van der Waals surface area contributed by atoms with Gasteiger partial charge in [-0.3, -0.25) is 14.7 Å². The third-order valence-electron chi connectivity index (χ3n) is 5.00. The van der Waals surface area contributed by atoms with Gasteiger partial charge >= 0.3 is 0 Å². The molecular formula is C24H22N4O2S. The van der Waals surface area contributed by atoms with Crippen molar-refractivity contribution < 1.29 is 4.92 Å². The summed E-state index contributed by atoms with van der Waals surface area (Å²) in [4.78, 5) is 10.7. The molecular weight excluding hydrogens is 408 g/mol. The van der Waals surface area contributed by atoms with Crippen molar-refractivity contribution in [3.05, 3.63) is 111 Å². The molecule has 0 spiro atoms. The quantitative estimate of drug-likeness (QED) is 0.206. The van der Waals surface area contributed by atoms with Crippen molar-refractivity contribution in [2.75, 3.05) is 0 Å². The molecule has 0 saturated carbocycles. The van der Waals surface area contributed by atoms with E-state index in [-0.39, 0.29) is 10.6 Å². The van der Waals surface area contributed by atoms with Gasteiger partial charge in [-0.25, -0.2) is 0 Å². The number of non-ortho nitro benzene ring substituents is 1. The van der Waals surface area contributed by atoms with Crippen molar-refractivity contribution in [2.24, 2.45) is 0 Å². The molecule has 0 N–H and O–H groups in total. The van der Waals surface area contributed by atoms with E-state index >= 15 is 0 Å². The lowest BCUT2D eigenvalue weighted by Gasteiger charge is -2.11. The van der Waals surface area contributed by atoms with E-state index in [0.717, 1.165) is 34.2 Å². The Morgan fingerprint density at radius 1 is 0.903 bits per heavy atom. The van der Waals surface area contributed by atoms with Crippen LogP contribution in [0.5, 0.6) is 0 Å². The van der Waals surface area contributed by atoms with Gasteiger partial charge in [0.1, 0.15) is 5.82 Å². The van der Waals surface area contributed by atoms with E-state index in [4.69, 9.17) is 0 Å². The Hall–Kier alpha value is -3.45. The van der Waals surface area contributed by atoms with Crippen LogP contribution >= 0.6 is 11.8 Å². The first-order chi connectivity index (χ1) is 15.1. The molecule has 0 bridgehead atoms. The highest BCUT2D eigenvalue weighted by molar-refractivity contribution is 7.98. The van der Waals surface area contributed by atoms with Crippen LogP contribution < -0.4 is 0 Å². The van der Waals surface area contributed by atoms with Crippen LogP contribution in [0, 0.1) is 10.1 Å². The fourth-order valence-corrected chi connectivity index (χ4v) is 4.25. The highest BCUT2D eigenvalue weighted by atomic mass is 32.2. The lowest BCUT2D eigenvalue weighted by Crippen LogP contribution is -2.04. The largest absolute Gasteiger partial charge is 0.274 e. The third kappa shape index (κ3) is 5.00. The maximum Gasteiger partial charge on any atom is 0.269 e. The summed E-state index contributed by atoms with van der Waals surface area (Å²) in [6.07, 6.45) is 1.65. The molecule has 0 unspecified atom stereocenters. The molecule has 4 aromatic rings. The fraction of sp³-hybridized carbons (Fsp3) is 0.167. The number of nitro benzene ring substituents is 1. The van der Waals surface area contributed by atoms with Gasteiger partial charge in [0.05, 0.1) is 4.92 Å². The van der Waals surface area contributed by atoms with E-state index in [0.29, 0.717) is 12.2 Å². The van der Waals surface area contributed by atoms with Gasteiger partial charge in [0.15, 0.2) is 5.16 Å². The molecule has 156 valence electrons. The molecule has 0 aliphatic rings. The Labute approximate surface area is 185 Å². The zero-order valence-corrected chi connectivity index (χ0v) is 18.0. The van der Waals surface area contributed by atoms with Crippen LogP contribution in [0.1, 0.15) is 29.4 Å². The molecule has 3 aromatic carbocycles. The molecule has 0 atom stereocenters. The van der Waals surface area contributed by atoms with Gasteiger partial charge in [-0.05, 0) is 35.2 Å². The maximum absolute atomic E-state index is 11.1. The number of aromatic nitrogens is 3. The molecule has 0 aliphatic heterocycles. The zero-order valence-electron chi connectivity index (χ0n) is 17.1. The summed E-state index contributed by atoms with van der Waals surface area (Å²) in [6.45, 7) is 2.13. The number of rotatable bonds is 8. The minimum atomic E-state index is -0.371. The molecule has 0 amide bonds. The Morgan fingerprint density at radius 2 is 1.65 bits per heavy atom. The van der Waals surface area contributed by atoms with Crippen LogP contribution in [0.3, 0.4) is 0 Å². The summed E-state index contributed by atoms with van der Waals surface area (Å²) in [6, 6.07) is 25.3. The number of thioether (sulfide) groups is 1. The molecule has 0 saturated heterocycles. The first kappa shape index (κ1) is 20.8. The lowest BCUT2D eigenvalue weighted by molar-refractivity contribution is -0.384.